The minimum absolute atomic E-state index is 0.413. The minimum Gasteiger partial charge on any atom is -0.477 e. The normalized spacial score (nSPS) is 32.2. The molecule has 4 heteroatoms. The molecule has 86 valence electrons. The van der Waals surface area contributed by atoms with Crippen LogP contribution in [-0.4, -0.2) is 15.6 Å². The minimum atomic E-state index is -0.825. The second-order valence-electron chi connectivity index (χ2n) is 5.00. The third kappa shape index (κ3) is 1.51. The van der Waals surface area contributed by atoms with Gasteiger partial charge in [-0.15, -0.1) is 0 Å². The van der Waals surface area contributed by atoms with Crippen molar-refractivity contribution in [2.24, 2.45) is 11.8 Å². The first-order valence-corrected chi connectivity index (χ1v) is 6.55. The number of aromatic carboxylic acids is 1. The maximum Gasteiger partial charge on any atom is 0.352 e. The lowest BCUT2D eigenvalue weighted by molar-refractivity contribution is 0.0680. The fraction of sp³-hybridized carbons (Fsp3) is 0.583. The summed E-state index contributed by atoms with van der Waals surface area (Å²) in [5.41, 5.74) is 0.421. The Morgan fingerprint density at radius 3 is 2.81 bits per heavy atom. The lowest BCUT2D eigenvalue weighted by Crippen LogP contribution is -2.19. The zero-order chi connectivity index (χ0) is 11.3. The Morgan fingerprint density at radius 1 is 1.44 bits per heavy atom. The van der Waals surface area contributed by atoms with E-state index in [1.54, 1.807) is 6.07 Å². The van der Waals surface area contributed by atoms with Crippen molar-refractivity contribution in [1.82, 2.24) is 4.57 Å². The van der Waals surface area contributed by atoms with Crippen LogP contribution in [0.15, 0.2) is 16.7 Å². The molecule has 3 unspecified atom stereocenters. The Labute approximate surface area is 103 Å². The van der Waals surface area contributed by atoms with E-state index in [4.69, 9.17) is 5.11 Å². The predicted octanol–water partition coefficient (Wildman–Crippen LogP) is 3.31. The SMILES string of the molecule is O=C(O)c1cc(Br)cn1C1CC2CCC1C2. The number of carboxylic acids is 1. The average molecular weight is 284 g/mol. The number of fused-ring (bicyclic) bond motifs is 2. The molecule has 0 amide bonds. The molecular weight excluding hydrogens is 270 g/mol. The van der Waals surface area contributed by atoms with Gasteiger partial charge < -0.3 is 9.67 Å². The van der Waals surface area contributed by atoms with Crippen molar-refractivity contribution in [3.8, 4) is 0 Å². The van der Waals surface area contributed by atoms with E-state index in [2.05, 4.69) is 15.9 Å². The number of carbonyl (C=O) groups is 1. The number of hydrogen-bond donors (Lipinski definition) is 1. The first-order chi connectivity index (χ1) is 7.65. The van der Waals surface area contributed by atoms with E-state index in [1.165, 1.54) is 19.3 Å². The smallest absolute Gasteiger partial charge is 0.352 e. The quantitative estimate of drug-likeness (QED) is 0.905. The molecule has 0 radical (unpaired) electrons. The molecule has 0 aromatic carbocycles. The molecule has 3 rings (SSSR count). The molecule has 0 saturated heterocycles. The molecule has 2 aliphatic rings. The van der Waals surface area contributed by atoms with E-state index in [1.807, 2.05) is 10.8 Å². The molecule has 2 saturated carbocycles. The van der Waals surface area contributed by atoms with Crippen LogP contribution in [0.2, 0.25) is 0 Å². The van der Waals surface area contributed by atoms with Gasteiger partial charge in [-0.3, -0.25) is 0 Å². The van der Waals surface area contributed by atoms with Crippen molar-refractivity contribution in [3.05, 3.63) is 22.4 Å². The zero-order valence-electron chi connectivity index (χ0n) is 8.90. The third-order valence-corrected chi connectivity index (χ3v) is 4.53. The van der Waals surface area contributed by atoms with Crippen molar-refractivity contribution in [2.45, 2.75) is 31.7 Å². The molecule has 0 aliphatic heterocycles. The monoisotopic (exact) mass is 283 g/mol. The first kappa shape index (κ1) is 10.4. The molecule has 2 fully saturated rings. The van der Waals surface area contributed by atoms with Crippen molar-refractivity contribution in [2.75, 3.05) is 0 Å². The highest BCUT2D eigenvalue weighted by molar-refractivity contribution is 9.10. The predicted molar refractivity (Wildman–Crippen MR) is 63.6 cm³/mol. The van der Waals surface area contributed by atoms with Crippen LogP contribution >= 0.6 is 15.9 Å². The maximum absolute atomic E-state index is 11.2. The number of carboxylic acid groups (broad SMARTS) is 1. The van der Waals surface area contributed by atoms with E-state index in [0.29, 0.717) is 17.7 Å². The van der Waals surface area contributed by atoms with Crippen molar-refractivity contribution < 1.29 is 9.90 Å². The number of nitrogens with zero attached hydrogens (tertiary/aromatic N) is 1. The second-order valence-corrected chi connectivity index (χ2v) is 5.91. The molecule has 1 aromatic rings. The third-order valence-electron chi connectivity index (χ3n) is 4.09. The highest BCUT2D eigenvalue weighted by Crippen LogP contribution is 2.51. The van der Waals surface area contributed by atoms with Crippen LogP contribution in [0.3, 0.4) is 0 Å². The van der Waals surface area contributed by atoms with Gasteiger partial charge in [0.2, 0.25) is 0 Å². The Kier molecular flexibility index (Phi) is 2.35. The average Bonchev–Trinajstić information content (AvgIpc) is 2.89. The van der Waals surface area contributed by atoms with Crippen molar-refractivity contribution >= 4 is 21.9 Å². The lowest BCUT2D eigenvalue weighted by atomic mass is 9.95. The molecule has 1 N–H and O–H groups in total. The van der Waals surface area contributed by atoms with Crippen molar-refractivity contribution in [3.63, 3.8) is 0 Å². The highest BCUT2D eigenvalue weighted by atomic mass is 79.9. The van der Waals surface area contributed by atoms with Crippen molar-refractivity contribution in [1.29, 1.82) is 0 Å². The molecule has 0 spiro atoms. The van der Waals surface area contributed by atoms with Gasteiger partial charge in [0.15, 0.2) is 0 Å². The Morgan fingerprint density at radius 2 is 2.25 bits per heavy atom. The summed E-state index contributed by atoms with van der Waals surface area (Å²) in [6.07, 6.45) is 6.98. The van der Waals surface area contributed by atoms with Crippen LogP contribution in [0, 0.1) is 11.8 Å². The summed E-state index contributed by atoms with van der Waals surface area (Å²) in [5, 5.41) is 9.17. The lowest BCUT2D eigenvalue weighted by Gasteiger charge is -2.24. The van der Waals surface area contributed by atoms with Gasteiger partial charge in [-0.2, -0.15) is 0 Å². The summed E-state index contributed by atoms with van der Waals surface area (Å²) >= 11 is 3.37. The number of hydrogen-bond acceptors (Lipinski definition) is 1. The van der Waals surface area contributed by atoms with Gasteiger partial charge in [0.05, 0.1) is 0 Å². The standard InChI is InChI=1S/C12H14BrNO2/c13-9-5-11(12(15)16)14(6-9)10-4-7-1-2-8(10)3-7/h5-8,10H,1-4H2,(H,15,16). The van der Waals surface area contributed by atoms with Gasteiger partial charge in [-0.25, -0.2) is 4.79 Å². The van der Waals surface area contributed by atoms with Gasteiger partial charge in [-0.05, 0) is 53.1 Å². The maximum atomic E-state index is 11.2. The van der Waals surface area contributed by atoms with Gasteiger partial charge in [0.1, 0.15) is 5.69 Å². The Bertz CT molecular complexity index is 440. The summed E-state index contributed by atoms with van der Waals surface area (Å²) < 4.78 is 2.84. The fourth-order valence-electron chi connectivity index (χ4n) is 3.44. The number of aromatic nitrogens is 1. The molecule has 1 heterocycles. The highest BCUT2D eigenvalue weighted by Gasteiger charge is 2.41. The van der Waals surface area contributed by atoms with E-state index >= 15 is 0 Å². The summed E-state index contributed by atoms with van der Waals surface area (Å²) in [6, 6.07) is 2.12. The molecule has 1 aromatic heterocycles. The van der Waals surface area contributed by atoms with E-state index < -0.39 is 5.97 Å². The van der Waals surface area contributed by atoms with Gasteiger partial charge in [-0.1, -0.05) is 6.42 Å². The van der Waals surface area contributed by atoms with Crippen LogP contribution in [0.25, 0.3) is 0 Å². The van der Waals surface area contributed by atoms with E-state index in [0.717, 1.165) is 16.8 Å². The summed E-state index contributed by atoms with van der Waals surface area (Å²) in [7, 11) is 0. The molecule has 3 nitrogen and oxygen atoms in total. The van der Waals surface area contributed by atoms with Crippen LogP contribution in [-0.2, 0) is 0 Å². The first-order valence-electron chi connectivity index (χ1n) is 5.76. The van der Waals surface area contributed by atoms with Crippen LogP contribution in [0.1, 0.15) is 42.2 Å². The number of halogens is 1. The van der Waals surface area contributed by atoms with Gasteiger partial charge >= 0.3 is 5.97 Å². The second kappa shape index (κ2) is 3.62. The van der Waals surface area contributed by atoms with Crippen LogP contribution < -0.4 is 0 Å². The Balaban J connectivity index is 1.97. The molecular formula is C12H14BrNO2. The van der Waals surface area contributed by atoms with E-state index in [9.17, 15) is 4.79 Å². The topological polar surface area (TPSA) is 42.2 Å². The summed E-state index contributed by atoms with van der Waals surface area (Å²) in [6.45, 7) is 0. The molecule has 2 bridgehead atoms. The largest absolute Gasteiger partial charge is 0.477 e. The van der Waals surface area contributed by atoms with Crippen LogP contribution in [0.5, 0.6) is 0 Å². The molecule has 2 aliphatic carbocycles. The van der Waals surface area contributed by atoms with E-state index in [-0.39, 0.29) is 0 Å². The molecule has 16 heavy (non-hydrogen) atoms. The number of rotatable bonds is 2. The molecule has 3 atom stereocenters. The Hall–Kier alpha value is -0.770. The summed E-state index contributed by atoms with van der Waals surface area (Å²) in [5.74, 6) is 0.702. The summed E-state index contributed by atoms with van der Waals surface area (Å²) in [4.78, 5) is 11.2. The van der Waals surface area contributed by atoms with Gasteiger partial charge in [0.25, 0.3) is 0 Å². The van der Waals surface area contributed by atoms with Gasteiger partial charge in [0, 0.05) is 16.7 Å². The zero-order valence-corrected chi connectivity index (χ0v) is 10.5. The fourth-order valence-corrected chi connectivity index (χ4v) is 3.88. The van der Waals surface area contributed by atoms with Crippen LogP contribution in [0.4, 0.5) is 0 Å².